The molecule has 3 aliphatic rings. The lowest BCUT2D eigenvalue weighted by Gasteiger charge is -2.29. The summed E-state index contributed by atoms with van der Waals surface area (Å²) in [6.45, 7) is 2.30. The van der Waals surface area contributed by atoms with Gasteiger partial charge < -0.3 is 9.72 Å². The zero-order valence-corrected chi connectivity index (χ0v) is 17.7. The van der Waals surface area contributed by atoms with Crippen LogP contribution in [0.25, 0.3) is 0 Å². The second-order valence-corrected chi connectivity index (χ2v) is 9.16. The van der Waals surface area contributed by atoms with E-state index in [1.165, 1.54) is 32.1 Å². The zero-order chi connectivity index (χ0) is 20.3. The van der Waals surface area contributed by atoms with Crippen molar-refractivity contribution in [2.45, 2.75) is 89.3 Å². The molecule has 0 atom stereocenters. The van der Waals surface area contributed by atoms with E-state index in [0.717, 1.165) is 73.7 Å². The first kappa shape index (κ1) is 19.7. The molecule has 160 valence electrons. The Bertz CT molecular complexity index is 929. The molecule has 2 saturated carbocycles. The van der Waals surface area contributed by atoms with E-state index in [1.807, 2.05) is 6.07 Å². The molecular formula is C24H32N4O2. The number of nitrogens with one attached hydrogen (secondary N) is 1. The molecule has 2 aliphatic carbocycles. The van der Waals surface area contributed by atoms with Crippen LogP contribution in [0.15, 0.2) is 23.1 Å². The second kappa shape index (κ2) is 8.88. The van der Waals surface area contributed by atoms with Crippen molar-refractivity contribution in [2.75, 3.05) is 6.54 Å². The number of pyridine rings is 1. The van der Waals surface area contributed by atoms with Crippen LogP contribution < -0.4 is 10.3 Å². The minimum absolute atomic E-state index is 0.0545. The van der Waals surface area contributed by atoms with Gasteiger partial charge in [0.05, 0.1) is 11.3 Å². The van der Waals surface area contributed by atoms with Crippen molar-refractivity contribution in [2.24, 2.45) is 0 Å². The normalized spacial score (nSPS) is 20.9. The fourth-order valence-electron chi connectivity index (χ4n) is 5.26. The first-order valence-corrected chi connectivity index (χ1v) is 11.7. The highest BCUT2D eigenvalue weighted by atomic mass is 16.5. The number of fused-ring (bicyclic) bond motifs is 1. The Morgan fingerprint density at radius 2 is 1.90 bits per heavy atom. The number of aromatic amines is 1. The average molecular weight is 409 g/mol. The second-order valence-electron chi connectivity index (χ2n) is 9.16. The molecule has 0 aromatic carbocycles. The molecule has 0 unspecified atom stereocenters. The first-order chi connectivity index (χ1) is 14.8. The minimum Gasteiger partial charge on any atom is -0.474 e. The molecule has 2 aromatic heterocycles. The molecule has 3 heterocycles. The molecule has 0 saturated heterocycles. The standard InChI is InChI=1S/C24H32N4O2/c29-23-20-16-28(14-12-21(20)26-22(27-23)17-7-2-1-3-8-17)15-18-9-6-13-25-24(18)30-19-10-4-5-11-19/h6,9,13,17,19H,1-5,7-8,10-12,14-16H2,(H,26,27,29). The van der Waals surface area contributed by atoms with Gasteiger partial charge in [0.25, 0.3) is 5.56 Å². The molecule has 2 aromatic rings. The molecule has 30 heavy (non-hydrogen) atoms. The molecule has 1 N–H and O–H groups in total. The Balaban J connectivity index is 1.30. The van der Waals surface area contributed by atoms with E-state index in [4.69, 9.17) is 9.72 Å². The van der Waals surface area contributed by atoms with E-state index in [-0.39, 0.29) is 5.56 Å². The Hall–Kier alpha value is -2.21. The van der Waals surface area contributed by atoms with Crippen LogP contribution in [-0.4, -0.2) is 32.5 Å². The third-order valence-electron chi connectivity index (χ3n) is 6.98. The predicted octanol–water partition coefficient (Wildman–Crippen LogP) is 4.09. The topological polar surface area (TPSA) is 71.1 Å². The fraction of sp³-hybridized carbons (Fsp3) is 0.625. The molecule has 6 nitrogen and oxygen atoms in total. The predicted molar refractivity (Wildman–Crippen MR) is 116 cm³/mol. The maximum atomic E-state index is 12.9. The number of ether oxygens (including phenoxy) is 1. The number of hydrogen-bond acceptors (Lipinski definition) is 5. The van der Waals surface area contributed by atoms with E-state index in [9.17, 15) is 4.79 Å². The van der Waals surface area contributed by atoms with Crippen molar-refractivity contribution < 1.29 is 4.74 Å². The van der Waals surface area contributed by atoms with Gasteiger partial charge in [-0.1, -0.05) is 25.3 Å². The Morgan fingerprint density at radius 1 is 1.10 bits per heavy atom. The van der Waals surface area contributed by atoms with Crippen molar-refractivity contribution in [3.63, 3.8) is 0 Å². The molecule has 0 bridgehead atoms. The summed E-state index contributed by atoms with van der Waals surface area (Å²) in [6, 6.07) is 4.07. The molecule has 0 radical (unpaired) electrons. The number of rotatable bonds is 5. The molecule has 0 spiro atoms. The van der Waals surface area contributed by atoms with Gasteiger partial charge in [-0.05, 0) is 44.6 Å². The monoisotopic (exact) mass is 408 g/mol. The lowest BCUT2D eigenvalue weighted by atomic mass is 9.88. The summed E-state index contributed by atoms with van der Waals surface area (Å²) in [5.74, 6) is 2.11. The number of nitrogens with zero attached hydrogens (tertiary/aromatic N) is 3. The minimum atomic E-state index is 0.0545. The van der Waals surface area contributed by atoms with Gasteiger partial charge in [-0.3, -0.25) is 9.69 Å². The van der Waals surface area contributed by atoms with Gasteiger partial charge in [0.1, 0.15) is 11.9 Å². The van der Waals surface area contributed by atoms with E-state index in [1.54, 1.807) is 6.20 Å². The summed E-state index contributed by atoms with van der Waals surface area (Å²) in [7, 11) is 0. The van der Waals surface area contributed by atoms with Crippen LogP contribution in [-0.2, 0) is 19.5 Å². The molecule has 6 heteroatoms. The van der Waals surface area contributed by atoms with Crippen LogP contribution in [0, 0.1) is 0 Å². The highest BCUT2D eigenvalue weighted by Crippen LogP contribution is 2.31. The highest BCUT2D eigenvalue weighted by Gasteiger charge is 2.26. The lowest BCUT2D eigenvalue weighted by Crippen LogP contribution is -2.36. The molecule has 2 fully saturated rings. The maximum Gasteiger partial charge on any atom is 0.255 e. The summed E-state index contributed by atoms with van der Waals surface area (Å²) in [4.78, 5) is 27.7. The van der Waals surface area contributed by atoms with Crippen LogP contribution >= 0.6 is 0 Å². The Labute approximate surface area is 178 Å². The van der Waals surface area contributed by atoms with Crippen LogP contribution in [0.1, 0.15) is 86.4 Å². The summed E-state index contributed by atoms with van der Waals surface area (Å²) in [6.07, 6.45) is 13.8. The number of hydrogen-bond donors (Lipinski definition) is 1. The third kappa shape index (κ3) is 4.29. The van der Waals surface area contributed by atoms with Gasteiger partial charge in [-0.25, -0.2) is 9.97 Å². The van der Waals surface area contributed by atoms with Crippen LogP contribution in [0.5, 0.6) is 5.88 Å². The van der Waals surface area contributed by atoms with Gasteiger partial charge >= 0.3 is 0 Å². The van der Waals surface area contributed by atoms with E-state index in [2.05, 4.69) is 20.9 Å². The fourth-order valence-corrected chi connectivity index (χ4v) is 5.26. The highest BCUT2D eigenvalue weighted by molar-refractivity contribution is 5.27. The average Bonchev–Trinajstić information content (AvgIpc) is 3.29. The smallest absolute Gasteiger partial charge is 0.255 e. The molecule has 0 amide bonds. The van der Waals surface area contributed by atoms with Gasteiger partial charge in [-0.2, -0.15) is 0 Å². The summed E-state index contributed by atoms with van der Waals surface area (Å²) in [5.41, 5.74) is 3.00. The van der Waals surface area contributed by atoms with E-state index < -0.39 is 0 Å². The SMILES string of the molecule is O=c1[nH]c(C2CCCCC2)nc2c1CN(Cc1cccnc1OC1CCCC1)CC2. The Morgan fingerprint density at radius 3 is 2.73 bits per heavy atom. The van der Waals surface area contributed by atoms with Crippen LogP contribution in [0.3, 0.4) is 0 Å². The van der Waals surface area contributed by atoms with Crippen molar-refractivity contribution in [3.05, 3.63) is 51.3 Å². The quantitative estimate of drug-likeness (QED) is 0.807. The molecule has 5 rings (SSSR count). The van der Waals surface area contributed by atoms with Crippen molar-refractivity contribution >= 4 is 0 Å². The van der Waals surface area contributed by atoms with E-state index in [0.29, 0.717) is 18.6 Å². The lowest BCUT2D eigenvalue weighted by molar-refractivity contribution is 0.189. The third-order valence-corrected chi connectivity index (χ3v) is 6.98. The Kier molecular flexibility index (Phi) is 5.84. The maximum absolute atomic E-state index is 12.9. The summed E-state index contributed by atoms with van der Waals surface area (Å²) >= 11 is 0. The van der Waals surface area contributed by atoms with Gasteiger partial charge in [0.2, 0.25) is 5.88 Å². The molecular weight excluding hydrogens is 376 g/mol. The van der Waals surface area contributed by atoms with Gasteiger partial charge in [0, 0.05) is 43.7 Å². The van der Waals surface area contributed by atoms with Crippen LogP contribution in [0.2, 0.25) is 0 Å². The van der Waals surface area contributed by atoms with Crippen molar-refractivity contribution in [1.29, 1.82) is 0 Å². The van der Waals surface area contributed by atoms with Gasteiger partial charge in [0.15, 0.2) is 0 Å². The van der Waals surface area contributed by atoms with E-state index >= 15 is 0 Å². The van der Waals surface area contributed by atoms with Crippen molar-refractivity contribution in [1.82, 2.24) is 19.9 Å². The largest absolute Gasteiger partial charge is 0.474 e. The van der Waals surface area contributed by atoms with Gasteiger partial charge in [-0.15, -0.1) is 0 Å². The summed E-state index contributed by atoms with van der Waals surface area (Å²) in [5, 5.41) is 0. The molecule has 1 aliphatic heterocycles. The number of aromatic nitrogens is 3. The zero-order valence-electron chi connectivity index (χ0n) is 17.7. The summed E-state index contributed by atoms with van der Waals surface area (Å²) < 4.78 is 6.21. The van der Waals surface area contributed by atoms with Crippen LogP contribution in [0.4, 0.5) is 0 Å². The number of H-pyrrole nitrogens is 1. The first-order valence-electron chi connectivity index (χ1n) is 11.7. The van der Waals surface area contributed by atoms with Crippen molar-refractivity contribution in [3.8, 4) is 5.88 Å².